The molecule has 3 aliphatic heterocycles. The monoisotopic (exact) mass is 492 g/mol. The highest BCUT2D eigenvalue weighted by atomic mass is 16.7. The second-order valence-electron chi connectivity index (χ2n) is 11.1. The van der Waals surface area contributed by atoms with E-state index in [1.165, 1.54) is 20.8 Å². The van der Waals surface area contributed by atoms with Gasteiger partial charge in [-0.05, 0) is 39.3 Å². The maximum atomic E-state index is 12.1. The maximum absolute atomic E-state index is 12.1. The van der Waals surface area contributed by atoms with Crippen LogP contribution in [0.15, 0.2) is 23.8 Å². The summed E-state index contributed by atoms with van der Waals surface area (Å²) in [4.78, 5) is 36.1. The third-order valence-electron chi connectivity index (χ3n) is 8.08. The van der Waals surface area contributed by atoms with Gasteiger partial charge in [0.05, 0.1) is 12.2 Å². The summed E-state index contributed by atoms with van der Waals surface area (Å²) in [5, 5.41) is 11.4. The summed E-state index contributed by atoms with van der Waals surface area (Å²) in [6.07, 6.45) is -0.225. The SMILES string of the molecule is C=C1C[C@H]2O[C@H]([C@H]3[C@@H]2C(C)=C[C@@H](OC(C)=O)[C@@H]3C(C)(C)OC(C)=O)[C@]2(C)O[C@@]1(O)C[C@@H]2OC(C)=O. The summed E-state index contributed by atoms with van der Waals surface area (Å²) >= 11 is 0. The van der Waals surface area contributed by atoms with E-state index in [2.05, 4.69) is 6.58 Å². The molecule has 4 rings (SSSR count). The molecule has 0 amide bonds. The molecule has 35 heavy (non-hydrogen) atoms. The maximum Gasteiger partial charge on any atom is 0.303 e. The fraction of sp³-hybridized carbons (Fsp3) is 0.731. The Bertz CT molecular complexity index is 983. The smallest absolute Gasteiger partial charge is 0.303 e. The van der Waals surface area contributed by atoms with Crippen molar-refractivity contribution in [2.45, 2.75) is 103 Å². The highest BCUT2D eigenvalue weighted by Gasteiger charge is 2.70. The Kier molecular flexibility index (Phi) is 6.22. The number of aliphatic hydroxyl groups is 1. The van der Waals surface area contributed by atoms with Gasteiger partial charge in [0.1, 0.15) is 23.4 Å². The zero-order valence-electron chi connectivity index (χ0n) is 21.5. The van der Waals surface area contributed by atoms with E-state index in [1.54, 1.807) is 20.8 Å². The average Bonchev–Trinajstić information content (AvgIpc) is 3.17. The molecule has 0 saturated carbocycles. The van der Waals surface area contributed by atoms with Crippen molar-refractivity contribution in [3.63, 3.8) is 0 Å². The third-order valence-corrected chi connectivity index (χ3v) is 8.08. The molecule has 0 spiro atoms. The van der Waals surface area contributed by atoms with Crippen molar-refractivity contribution >= 4 is 17.9 Å². The van der Waals surface area contributed by atoms with Crippen molar-refractivity contribution in [1.82, 2.24) is 0 Å². The number of ether oxygens (including phenoxy) is 5. The van der Waals surface area contributed by atoms with Crippen LogP contribution < -0.4 is 0 Å². The number of hydrogen-bond acceptors (Lipinski definition) is 9. The zero-order valence-corrected chi connectivity index (χ0v) is 21.5. The minimum Gasteiger partial charge on any atom is -0.459 e. The van der Waals surface area contributed by atoms with E-state index in [-0.39, 0.29) is 24.4 Å². The Balaban J connectivity index is 1.89. The van der Waals surface area contributed by atoms with Crippen molar-refractivity contribution in [3.8, 4) is 0 Å². The van der Waals surface area contributed by atoms with Crippen LogP contribution in [0.2, 0.25) is 0 Å². The third kappa shape index (κ3) is 4.21. The number of esters is 3. The van der Waals surface area contributed by atoms with Crippen molar-refractivity contribution in [2.75, 3.05) is 0 Å². The van der Waals surface area contributed by atoms with Crippen molar-refractivity contribution in [3.05, 3.63) is 23.8 Å². The molecule has 9 heteroatoms. The van der Waals surface area contributed by atoms with Crippen LogP contribution in [0.5, 0.6) is 0 Å². The molecular weight excluding hydrogens is 456 g/mol. The standard InChI is InChI=1S/C26H36O9/c1-12-9-18(31-14(3)27)22(24(6,7)34-16(5)29)21-20(12)17-10-13(2)26(30)11-19(32-15(4)28)25(8,35-26)23(21)33-17/h9,17-23,30H,2,10-11H2,1,3-8H3/t17-,18-,19+,20-,21+,22+,23-,25-,26+/m1/s1. The van der Waals surface area contributed by atoms with Gasteiger partial charge in [-0.1, -0.05) is 12.2 Å². The largest absolute Gasteiger partial charge is 0.459 e. The Morgan fingerprint density at radius 3 is 2.34 bits per heavy atom. The Morgan fingerprint density at radius 2 is 1.77 bits per heavy atom. The zero-order chi connectivity index (χ0) is 26.1. The molecule has 1 aliphatic carbocycles. The lowest BCUT2D eigenvalue weighted by Gasteiger charge is -2.49. The molecule has 1 N–H and O–H groups in total. The first kappa shape index (κ1) is 25.9. The van der Waals surface area contributed by atoms with Gasteiger partial charge in [-0.2, -0.15) is 0 Å². The molecule has 0 aromatic heterocycles. The number of rotatable bonds is 4. The van der Waals surface area contributed by atoms with Gasteiger partial charge < -0.3 is 28.8 Å². The van der Waals surface area contributed by atoms with E-state index in [0.29, 0.717) is 12.0 Å². The number of hydrogen-bond donors (Lipinski definition) is 1. The number of carbonyl (C=O) groups excluding carboxylic acids is 3. The molecule has 3 fully saturated rings. The fourth-order valence-corrected chi connectivity index (χ4v) is 6.93. The Labute approximate surface area is 205 Å². The van der Waals surface area contributed by atoms with Crippen molar-refractivity contribution in [2.24, 2.45) is 17.8 Å². The second-order valence-corrected chi connectivity index (χ2v) is 11.1. The first-order chi connectivity index (χ1) is 16.1. The summed E-state index contributed by atoms with van der Waals surface area (Å²) in [6.45, 7) is 15.4. The van der Waals surface area contributed by atoms with E-state index in [1.807, 2.05) is 13.0 Å². The summed E-state index contributed by atoms with van der Waals surface area (Å²) in [7, 11) is 0. The van der Waals surface area contributed by atoms with Gasteiger partial charge in [-0.25, -0.2) is 0 Å². The molecule has 194 valence electrons. The quantitative estimate of drug-likeness (QED) is 0.359. The van der Waals surface area contributed by atoms with Crippen LogP contribution in [0.3, 0.4) is 0 Å². The summed E-state index contributed by atoms with van der Waals surface area (Å²) in [6, 6.07) is 0. The van der Waals surface area contributed by atoms with Gasteiger partial charge in [0.25, 0.3) is 0 Å². The van der Waals surface area contributed by atoms with E-state index in [9.17, 15) is 19.5 Å². The van der Waals surface area contributed by atoms with Gasteiger partial charge in [0.2, 0.25) is 0 Å². The first-order valence-electron chi connectivity index (χ1n) is 12.1. The molecular formula is C26H36O9. The normalized spacial score (nSPS) is 42.3. The lowest BCUT2D eigenvalue weighted by atomic mass is 9.60. The van der Waals surface area contributed by atoms with Crippen molar-refractivity contribution < 1.29 is 43.2 Å². The van der Waals surface area contributed by atoms with E-state index < -0.39 is 59.1 Å². The van der Waals surface area contributed by atoms with Crippen LogP contribution in [0.25, 0.3) is 0 Å². The van der Waals surface area contributed by atoms with Crippen LogP contribution in [0, 0.1) is 17.8 Å². The lowest BCUT2D eigenvalue weighted by Crippen LogP contribution is -2.59. The molecule has 3 saturated heterocycles. The number of carbonyl (C=O) groups is 3. The van der Waals surface area contributed by atoms with Crippen LogP contribution >= 0.6 is 0 Å². The van der Waals surface area contributed by atoms with Gasteiger partial charge >= 0.3 is 17.9 Å². The molecule has 3 heterocycles. The summed E-state index contributed by atoms with van der Waals surface area (Å²) < 4.78 is 30.1. The molecule has 0 aromatic carbocycles. The minimum absolute atomic E-state index is 0.0338. The fourth-order valence-electron chi connectivity index (χ4n) is 6.93. The van der Waals surface area contributed by atoms with E-state index in [0.717, 1.165) is 5.57 Å². The molecule has 0 unspecified atom stereocenters. The lowest BCUT2D eigenvalue weighted by molar-refractivity contribution is -0.254. The van der Waals surface area contributed by atoms with Gasteiger partial charge in [-0.15, -0.1) is 0 Å². The molecule has 9 nitrogen and oxygen atoms in total. The van der Waals surface area contributed by atoms with Gasteiger partial charge in [0.15, 0.2) is 5.79 Å². The first-order valence-corrected chi connectivity index (χ1v) is 12.1. The molecule has 9 atom stereocenters. The molecule has 4 aliphatic rings. The van der Waals surface area contributed by atoms with Crippen LogP contribution in [0.1, 0.15) is 61.3 Å². The van der Waals surface area contributed by atoms with Gasteiger partial charge in [-0.3, -0.25) is 14.4 Å². The molecule has 4 bridgehead atoms. The summed E-state index contributed by atoms with van der Waals surface area (Å²) in [5.74, 6) is -4.08. The predicted molar refractivity (Wildman–Crippen MR) is 123 cm³/mol. The highest BCUT2D eigenvalue weighted by molar-refractivity contribution is 5.67. The Morgan fingerprint density at radius 1 is 1.14 bits per heavy atom. The van der Waals surface area contributed by atoms with Crippen molar-refractivity contribution in [1.29, 1.82) is 0 Å². The average molecular weight is 493 g/mol. The second kappa shape index (κ2) is 8.42. The van der Waals surface area contributed by atoms with Crippen LogP contribution in [-0.4, -0.2) is 64.4 Å². The van der Waals surface area contributed by atoms with Crippen LogP contribution in [-0.2, 0) is 38.1 Å². The predicted octanol–water partition coefficient (Wildman–Crippen LogP) is 2.59. The van der Waals surface area contributed by atoms with Gasteiger partial charge in [0, 0.05) is 51.4 Å². The minimum atomic E-state index is -1.67. The van der Waals surface area contributed by atoms with Crippen LogP contribution in [0.4, 0.5) is 0 Å². The molecule has 0 radical (unpaired) electrons. The van der Waals surface area contributed by atoms with E-state index >= 15 is 0 Å². The highest BCUT2D eigenvalue weighted by Crippen LogP contribution is 2.60. The summed E-state index contributed by atoms with van der Waals surface area (Å²) in [5.41, 5.74) is -0.859. The Hall–Kier alpha value is -2.23. The number of fused-ring (bicyclic) bond motifs is 8. The topological polar surface area (TPSA) is 118 Å². The van der Waals surface area contributed by atoms with E-state index in [4.69, 9.17) is 23.7 Å². The molecule has 0 aromatic rings.